The van der Waals surface area contributed by atoms with E-state index in [1.165, 1.54) is 12.1 Å². The highest BCUT2D eigenvalue weighted by molar-refractivity contribution is 5.92. The second-order valence-electron chi connectivity index (χ2n) is 4.28. The highest BCUT2D eigenvalue weighted by atomic mass is 19.1. The summed E-state index contributed by atoms with van der Waals surface area (Å²) < 4.78 is 13.5. The fourth-order valence-electron chi connectivity index (χ4n) is 2.11. The molecule has 0 aromatic heterocycles. The minimum absolute atomic E-state index is 0.00467. The molecule has 0 unspecified atom stereocenters. The minimum Gasteiger partial charge on any atom is -0.323 e. The Morgan fingerprint density at radius 2 is 2.12 bits per heavy atom. The van der Waals surface area contributed by atoms with Crippen molar-refractivity contribution in [3.63, 3.8) is 0 Å². The van der Waals surface area contributed by atoms with Gasteiger partial charge in [-0.15, -0.1) is 0 Å². The van der Waals surface area contributed by atoms with Gasteiger partial charge < -0.3 is 5.32 Å². The highest BCUT2D eigenvalue weighted by Gasteiger charge is 2.23. The first kappa shape index (κ1) is 11.6. The summed E-state index contributed by atoms with van der Waals surface area (Å²) in [7, 11) is 0. The Bertz CT molecular complexity index is 473. The zero-order valence-electron chi connectivity index (χ0n) is 9.37. The lowest BCUT2D eigenvalue weighted by atomic mass is 10.1. The molecule has 0 saturated heterocycles. The zero-order chi connectivity index (χ0) is 12.3. The van der Waals surface area contributed by atoms with Gasteiger partial charge in [-0.25, -0.2) is 4.39 Å². The SMILES string of the molecule is N#Cc1ccc(NC(=O)C2CCCC2)c(F)c1. The van der Waals surface area contributed by atoms with Crippen molar-refractivity contribution in [3.05, 3.63) is 29.6 Å². The summed E-state index contributed by atoms with van der Waals surface area (Å²) in [5, 5.41) is 11.2. The fraction of sp³-hybridized carbons (Fsp3) is 0.385. The molecule has 1 aromatic carbocycles. The molecule has 1 amide bonds. The van der Waals surface area contributed by atoms with Crippen LogP contribution >= 0.6 is 0 Å². The minimum atomic E-state index is -0.560. The molecule has 0 atom stereocenters. The number of carbonyl (C=O) groups excluding carboxylic acids is 1. The number of amides is 1. The third-order valence-electron chi connectivity index (χ3n) is 3.08. The molecule has 1 saturated carbocycles. The van der Waals surface area contributed by atoms with Gasteiger partial charge in [0.2, 0.25) is 5.91 Å². The van der Waals surface area contributed by atoms with Crippen LogP contribution in [0.5, 0.6) is 0 Å². The predicted octanol–water partition coefficient (Wildman–Crippen LogP) is 2.83. The molecule has 0 aliphatic heterocycles. The van der Waals surface area contributed by atoms with Gasteiger partial charge in [0.05, 0.1) is 17.3 Å². The number of rotatable bonds is 2. The number of hydrogen-bond donors (Lipinski definition) is 1. The number of hydrogen-bond acceptors (Lipinski definition) is 2. The summed E-state index contributed by atoms with van der Waals surface area (Å²) in [5.41, 5.74) is 0.405. The van der Waals surface area contributed by atoms with E-state index in [0.717, 1.165) is 31.7 Å². The Kier molecular flexibility index (Phi) is 3.38. The molecule has 2 rings (SSSR count). The third kappa shape index (κ3) is 2.62. The van der Waals surface area contributed by atoms with Crippen LogP contribution in [0.1, 0.15) is 31.2 Å². The molecule has 1 aromatic rings. The van der Waals surface area contributed by atoms with E-state index in [0.29, 0.717) is 0 Å². The normalized spacial score (nSPS) is 15.5. The number of nitriles is 1. The largest absolute Gasteiger partial charge is 0.323 e. The van der Waals surface area contributed by atoms with Crippen LogP contribution in [0.3, 0.4) is 0 Å². The molecule has 0 bridgehead atoms. The molecular formula is C13H13FN2O. The Morgan fingerprint density at radius 3 is 2.71 bits per heavy atom. The molecule has 0 radical (unpaired) electrons. The Balaban J connectivity index is 2.08. The number of halogens is 1. The molecule has 1 N–H and O–H groups in total. The monoisotopic (exact) mass is 232 g/mol. The first-order chi connectivity index (χ1) is 8.20. The maximum atomic E-state index is 13.5. The van der Waals surface area contributed by atoms with Crippen molar-refractivity contribution in [1.29, 1.82) is 5.26 Å². The van der Waals surface area contributed by atoms with Crippen LogP contribution in [0.15, 0.2) is 18.2 Å². The molecule has 0 heterocycles. The topological polar surface area (TPSA) is 52.9 Å². The lowest BCUT2D eigenvalue weighted by Gasteiger charge is -2.10. The lowest BCUT2D eigenvalue weighted by Crippen LogP contribution is -2.20. The molecule has 88 valence electrons. The van der Waals surface area contributed by atoms with Crippen LogP contribution in [-0.4, -0.2) is 5.91 Å². The van der Waals surface area contributed by atoms with Gasteiger partial charge >= 0.3 is 0 Å². The quantitative estimate of drug-likeness (QED) is 0.852. The smallest absolute Gasteiger partial charge is 0.227 e. The second-order valence-corrected chi connectivity index (χ2v) is 4.28. The van der Waals surface area contributed by atoms with Gasteiger partial charge in [-0.3, -0.25) is 4.79 Å². The van der Waals surface area contributed by atoms with Crippen LogP contribution in [0.2, 0.25) is 0 Å². The van der Waals surface area contributed by atoms with E-state index >= 15 is 0 Å². The molecule has 4 heteroatoms. The van der Waals surface area contributed by atoms with Gasteiger partial charge in [0.25, 0.3) is 0 Å². The van der Waals surface area contributed by atoms with E-state index < -0.39 is 5.82 Å². The number of benzene rings is 1. The van der Waals surface area contributed by atoms with Crippen molar-refractivity contribution < 1.29 is 9.18 Å². The van der Waals surface area contributed by atoms with Gasteiger partial charge in [0, 0.05) is 5.92 Å². The van der Waals surface area contributed by atoms with Gasteiger partial charge in [0.1, 0.15) is 5.82 Å². The molecule has 0 spiro atoms. The predicted molar refractivity (Wildman–Crippen MR) is 61.7 cm³/mol. The molecular weight excluding hydrogens is 219 g/mol. The summed E-state index contributed by atoms with van der Waals surface area (Å²) in [6, 6.07) is 5.90. The molecule has 1 aliphatic rings. The second kappa shape index (κ2) is 4.96. The average Bonchev–Trinajstić information content (AvgIpc) is 2.85. The first-order valence-corrected chi connectivity index (χ1v) is 5.71. The van der Waals surface area contributed by atoms with E-state index in [1.54, 1.807) is 0 Å². The zero-order valence-corrected chi connectivity index (χ0v) is 9.37. The van der Waals surface area contributed by atoms with E-state index in [2.05, 4.69) is 5.32 Å². The van der Waals surface area contributed by atoms with E-state index in [-0.39, 0.29) is 23.1 Å². The summed E-state index contributed by atoms with van der Waals surface area (Å²) >= 11 is 0. The van der Waals surface area contributed by atoms with E-state index in [1.807, 2.05) is 6.07 Å². The van der Waals surface area contributed by atoms with E-state index in [4.69, 9.17) is 5.26 Å². The summed E-state index contributed by atoms with van der Waals surface area (Å²) in [6.07, 6.45) is 3.88. The van der Waals surface area contributed by atoms with Gasteiger partial charge in [-0.1, -0.05) is 12.8 Å². The molecule has 1 aliphatic carbocycles. The average molecular weight is 232 g/mol. The maximum absolute atomic E-state index is 13.5. The number of carbonyl (C=O) groups is 1. The van der Waals surface area contributed by atoms with Gasteiger partial charge in [-0.2, -0.15) is 5.26 Å². The van der Waals surface area contributed by atoms with Crippen molar-refractivity contribution in [2.75, 3.05) is 5.32 Å². The number of nitrogens with one attached hydrogen (secondary N) is 1. The van der Waals surface area contributed by atoms with Crippen molar-refractivity contribution in [3.8, 4) is 6.07 Å². The first-order valence-electron chi connectivity index (χ1n) is 5.71. The summed E-state index contributed by atoms with van der Waals surface area (Å²) in [4.78, 5) is 11.8. The molecule has 3 nitrogen and oxygen atoms in total. The van der Waals surface area contributed by atoms with Crippen LogP contribution in [0.25, 0.3) is 0 Å². The van der Waals surface area contributed by atoms with Crippen molar-refractivity contribution in [2.45, 2.75) is 25.7 Å². The Morgan fingerprint density at radius 1 is 1.41 bits per heavy atom. The Hall–Kier alpha value is -1.89. The van der Waals surface area contributed by atoms with E-state index in [9.17, 15) is 9.18 Å². The summed E-state index contributed by atoms with van der Waals surface area (Å²) in [6.45, 7) is 0. The number of nitrogens with zero attached hydrogens (tertiary/aromatic N) is 1. The standard InChI is InChI=1S/C13H13FN2O/c14-11-7-9(8-15)5-6-12(11)16-13(17)10-3-1-2-4-10/h5-7,10H,1-4H2,(H,16,17). The number of anilines is 1. The third-order valence-corrected chi connectivity index (χ3v) is 3.08. The molecule has 1 fully saturated rings. The van der Waals surface area contributed by atoms with Crippen molar-refractivity contribution >= 4 is 11.6 Å². The summed E-state index contributed by atoms with van der Waals surface area (Å²) in [5.74, 6) is -0.674. The van der Waals surface area contributed by atoms with Gasteiger partial charge in [0.15, 0.2) is 0 Å². The lowest BCUT2D eigenvalue weighted by molar-refractivity contribution is -0.119. The van der Waals surface area contributed by atoms with Crippen LogP contribution in [0.4, 0.5) is 10.1 Å². The molecule has 17 heavy (non-hydrogen) atoms. The fourth-order valence-corrected chi connectivity index (χ4v) is 2.11. The highest BCUT2D eigenvalue weighted by Crippen LogP contribution is 2.26. The maximum Gasteiger partial charge on any atom is 0.227 e. The van der Waals surface area contributed by atoms with Crippen LogP contribution < -0.4 is 5.32 Å². The van der Waals surface area contributed by atoms with Crippen molar-refractivity contribution in [2.24, 2.45) is 5.92 Å². The van der Waals surface area contributed by atoms with Crippen molar-refractivity contribution in [1.82, 2.24) is 0 Å². The van der Waals surface area contributed by atoms with Crippen LogP contribution in [-0.2, 0) is 4.79 Å². The van der Waals surface area contributed by atoms with Gasteiger partial charge in [-0.05, 0) is 31.0 Å². The Labute approximate surface area is 99.2 Å². The van der Waals surface area contributed by atoms with Crippen LogP contribution in [0, 0.1) is 23.1 Å².